The van der Waals surface area contributed by atoms with E-state index in [0.29, 0.717) is 0 Å². The van der Waals surface area contributed by atoms with Crippen molar-refractivity contribution < 1.29 is 0 Å². The Morgan fingerprint density at radius 2 is 1.82 bits per heavy atom. The first-order valence-electron chi connectivity index (χ1n) is 6.12. The molecule has 0 aliphatic heterocycles. The molecule has 0 bridgehead atoms. The van der Waals surface area contributed by atoms with Crippen molar-refractivity contribution in [3.8, 4) is 6.07 Å². The molecule has 0 radical (unpaired) electrons. The van der Waals surface area contributed by atoms with Crippen LogP contribution >= 0.6 is 0 Å². The lowest BCUT2D eigenvalue weighted by Gasteiger charge is -2.07. The minimum atomic E-state index is 0.137. The summed E-state index contributed by atoms with van der Waals surface area (Å²) in [4.78, 5) is 0. The molecule has 86 valence electrons. The molecule has 0 saturated carbocycles. The van der Waals surface area contributed by atoms with E-state index >= 15 is 0 Å². The molecular formula is C16H17N. The Hall–Kier alpha value is -1.81. The van der Waals surface area contributed by atoms with Crippen LogP contribution in [0.1, 0.15) is 24.5 Å². The van der Waals surface area contributed by atoms with Gasteiger partial charge in [-0.25, -0.2) is 0 Å². The number of nitriles is 1. The van der Waals surface area contributed by atoms with Gasteiger partial charge in [0, 0.05) is 0 Å². The van der Waals surface area contributed by atoms with Crippen molar-refractivity contribution in [2.75, 3.05) is 0 Å². The lowest BCUT2D eigenvalue weighted by molar-refractivity contribution is 0.638. The number of benzene rings is 2. The van der Waals surface area contributed by atoms with Gasteiger partial charge in [0.1, 0.15) is 0 Å². The Morgan fingerprint density at radius 1 is 1.12 bits per heavy atom. The molecule has 0 heterocycles. The van der Waals surface area contributed by atoms with Crippen LogP contribution in [0.15, 0.2) is 36.4 Å². The lowest BCUT2D eigenvalue weighted by atomic mass is 9.96. The molecule has 0 N–H and O–H groups in total. The highest BCUT2D eigenvalue weighted by Gasteiger charge is 2.06. The summed E-state index contributed by atoms with van der Waals surface area (Å²) in [5, 5.41) is 11.5. The molecule has 2 rings (SSSR count). The maximum atomic E-state index is 8.99. The van der Waals surface area contributed by atoms with Crippen LogP contribution in [0.4, 0.5) is 0 Å². The molecule has 0 saturated heterocycles. The van der Waals surface area contributed by atoms with Crippen molar-refractivity contribution >= 4 is 10.8 Å². The fourth-order valence-corrected chi connectivity index (χ4v) is 2.11. The van der Waals surface area contributed by atoms with E-state index in [1.807, 2.05) is 0 Å². The fourth-order valence-electron chi connectivity index (χ4n) is 2.11. The normalized spacial score (nSPS) is 12.3. The Labute approximate surface area is 103 Å². The fraction of sp³-hybridized carbons (Fsp3) is 0.312. The zero-order valence-corrected chi connectivity index (χ0v) is 10.4. The predicted molar refractivity (Wildman–Crippen MR) is 71.8 cm³/mol. The molecule has 2 aromatic carbocycles. The Kier molecular flexibility index (Phi) is 3.44. The number of nitrogens with zero attached hydrogens (tertiary/aromatic N) is 1. The largest absolute Gasteiger partial charge is 0.198 e. The summed E-state index contributed by atoms with van der Waals surface area (Å²) in [6.45, 7) is 4.18. The summed E-state index contributed by atoms with van der Waals surface area (Å²) >= 11 is 0. The van der Waals surface area contributed by atoms with E-state index in [9.17, 15) is 0 Å². The van der Waals surface area contributed by atoms with E-state index in [-0.39, 0.29) is 5.92 Å². The van der Waals surface area contributed by atoms with Gasteiger partial charge in [0.05, 0.1) is 12.0 Å². The average molecular weight is 223 g/mol. The molecule has 0 aliphatic rings. The van der Waals surface area contributed by atoms with Crippen molar-refractivity contribution in [1.82, 2.24) is 0 Å². The standard InChI is InChI=1S/C16H17N/c1-3-13(11-17)9-14-5-7-15-8-12(2)4-6-16(15)10-14/h4-8,10,13H,3,9H2,1-2H3. The zero-order chi connectivity index (χ0) is 12.3. The SMILES string of the molecule is CCC(C#N)Cc1ccc2cc(C)ccc2c1. The highest BCUT2D eigenvalue weighted by Crippen LogP contribution is 2.20. The lowest BCUT2D eigenvalue weighted by Crippen LogP contribution is -1.99. The molecule has 17 heavy (non-hydrogen) atoms. The van der Waals surface area contributed by atoms with E-state index in [2.05, 4.69) is 56.3 Å². The first-order chi connectivity index (χ1) is 8.22. The summed E-state index contributed by atoms with van der Waals surface area (Å²) in [7, 11) is 0. The summed E-state index contributed by atoms with van der Waals surface area (Å²) in [6.07, 6.45) is 1.78. The predicted octanol–water partition coefficient (Wildman–Crippen LogP) is 4.24. The first kappa shape index (κ1) is 11.7. The van der Waals surface area contributed by atoms with Gasteiger partial charge in [-0.3, -0.25) is 0 Å². The van der Waals surface area contributed by atoms with E-state index < -0.39 is 0 Å². The van der Waals surface area contributed by atoms with Crippen molar-refractivity contribution in [2.24, 2.45) is 5.92 Å². The van der Waals surface area contributed by atoms with Crippen LogP contribution in [-0.2, 0) is 6.42 Å². The number of hydrogen-bond donors (Lipinski definition) is 0. The number of hydrogen-bond acceptors (Lipinski definition) is 1. The molecule has 0 spiro atoms. The number of fused-ring (bicyclic) bond motifs is 1. The van der Waals surface area contributed by atoms with E-state index in [4.69, 9.17) is 5.26 Å². The maximum Gasteiger partial charge on any atom is 0.0659 e. The second-order valence-electron chi connectivity index (χ2n) is 4.62. The zero-order valence-electron chi connectivity index (χ0n) is 10.4. The molecule has 1 nitrogen and oxygen atoms in total. The molecule has 2 aromatic rings. The van der Waals surface area contributed by atoms with E-state index in [1.54, 1.807) is 0 Å². The van der Waals surface area contributed by atoms with Gasteiger partial charge in [0.2, 0.25) is 0 Å². The van der Waals surface area contributed by atoms with Crippen molar-refractivity contribution in [3.63, 3.8) is 0 Å². The number of aryl methyl sites for hydroxylation is 1. The monoisotopic (exact) mass is 223 g/mol. The quantitative estimate of drug-likeness (QED) is 0.763. The topological polar surface area (TPSA) is 23.8 Å². The van der Waals surface area contributed by atoms with Crippen molar-refractivity contribution in [2.45, 2.75) is 26.7 Å². The molecular weight excluding hydrogens is 206 g/mol. The minimum absolute atomic E-state index is 0.137. The molecule has 1 atom stereocenters. The summed E-state index contributed by atoms with van der Waals surface area (Å²) in [5.74, 6) is 0.137. The molecule has 0 aliphatic carbocycles. The Bertz CT molecular complexity index is 563. The molecule has 1 heteroatoms. The van der Waals surface area contributed by atoms with Crippen LogP contribution in [0, 0.1) is 24.2 Å². The van der Waals surface area contributed by atoms with Crippen LogP contribution in [-0.4, -0.2) is 0 Å². The molecule has 0 aromatic heterocycles. The molecule has 1 unspecified atom stereocenters. The Morgan fingerprint density at radius 3 is 2.53 bits per heavy atom. The summed E-state index contributed by atoms with van der Waals surface area (Å²) < 4.78 is 0. The van der Waals surface area contributed by atoms with Crippen LogP contribution < -0.4 is 0 Å². The van der Waals surface area contributed by atoms with Crippen LogP contribution in [0.25, 0.3) is 10.8 Å². The van der Waals surface area contributed by atoms with Gasteiger partial charge in [-0.2, -0.15) is 5.26 Å². The highest BCUT2D eigenvalue weighted by atomic mass is 14.3. The molecule has 0 fully saturated rings. The van der Waals surface area contributed by atoms with Crippen LogP contribution in [0.2, 0.25) is 0 Å². The highest BCUT2D eigenvalue weighted by molar-refractivity contribution is 5.83. The Balaban J connectivity index is 2.32. The van der Waals surface area contributed by atoms with Gasteiger partial charge in [0.15, 0.2) is 0 Å². The summed E-state index contributed by atoms with van der Waals surface area (Å²) in [6, 6.07) is 15.3. The van der Waals surface area contributed by atoms with Crippen molar-refractivity contribution in [1.29, 1.82) is 5.26 Å². The van der Waals surface area contributed by atoms with Gasteiger partial charge in [-0.1, -0.05) is 48.9 Å². The maximum absolute atomic E-state index is 8.99. The second kappa shape index (κ2) is 5.01. The van der Waals surface area contributed by atoms with Gasteiger partial charge in [-0.05, 0) is 36.1 Å². The smallest absolute Gasteiger partial charge is 0.0659 e. The third-order valence-corrected chi connectivity index (χ3v) is 3.22. The first-order valence-corrected chi connectivity index (χ1v) is 6.12. The van der Waals surface area contributed by atoms with Crippen LogP contribution in [0.5, 0.6) is 0 Å². The third kappa shape index (κ3) is 2.65. The van der Waals surface area contributed by atoms with Gasteiger partial charge < -0.3 is 0 Å². The summed E-state index contributed by atoms with van der Waals surface area (Å²) in [5.41, 5.74) is 2.54. The number of rotatable bonds is 3. The van der Waals surface area contributed by atoms with Gasteiger partial charge >= 0.3 is 0 Å². The van der Waals surface area contributed by atoms with Gasteiger partial charge in [-0.15, -0.1) is 0 Å². The molecule has 0 amide bonds. The third-order valence-electron chi connectivity index (χ3n) is 3.22. The van der Waals surface area contributed by atoms with Crippen LogP contribution in [0.3, 0.4) is 0 Å². The van der Waals surface area contributed by atoms with E-state index in [1.165, 1.54) is 21.9 Å². The van der Waals surface area contributed by atoms with E-state index in [0.717, 1.165) is 12.8 Å². The minimum Gasteiger partial charge on any atom is -0.198 e. The van der Waals surface area contributed by atoms with Crippen molar-refractivity contribution in [3.05, 3.63) is 47.5 Å². The second-order valence-corrected chi connectivity index (χ2v) is 4.62. The van der Waals surface area contributed by atoms with Gasteiger partial charge in [0.25, 0.3) is 0 Å². The average Bonchev–Trinajstić information content (AvgIpc) is 2.36.